The minimum absolute atomic E-state index is 0.0813. The van der Waals surface area contributed by atoms with E-state index in [0.717, 1.165) is 24.4 Å². The van der Waals surface area contributed by atoms with E-state index in [4.69, 9.17) is 0 Å². The quantitative estimate of drug-likeness (QED) is 0.780. The van der Waals surface area contributed by atoms with Crippen LogP contribution in [0.5, 0.6) is 0 Å². The van der Waals surface area contributed by atoms with Crippen molar-refractivity contribution in [3.63, 3.8) is 0 Å². The van der Waals surface area contributed by atoms with Gasteiger partial charge in [-0.05, 0) is 31.2 Å². The van der Waals surface area contributed by atoms with E-state index in [1.165, 1.54) is 10.9 Å². The average Bonchev–Trinajstić information content (AvgIpc) is 3.00. The first-order chi connectivity index (χ1) is 10.3. The SMILES string of the molecule is CCNC(c1ccnc2ccccc12)c1nccn1CC. The van der Waals surface area contributed by atoms with Crippen LogP contribution in [0.2, 0.25) is 0 Å². The summed E-state index contributed by atoms with van der Waals surface area (Å²) in [6, 6.07) is 10.4. The molecule has 1 unspecified atom stereocenters. The molecule has 2 heterocycles. The zero-order valence-electron chi connectivity index (χ0n) is 12.5. The molecule has 0 aliphatic rings. The van der Waals surface area contributed by atoms with Crippen LogP contribution in [0, 0.1) is 0 Å². The second kappa shape index (κ2) is 6.06. The Hall–Kier alpha value is -2.20. The van der Waals surface area contributed by atoms with Gasteiger partial charge in [-0.15, -0.1) is 0 Å². The molecule has 1 atom stereocenters. The molecule has 4 heteroatoms. The van der Waals surface area contributed by atoms with E-state index in [0.29, 0.717) is 0 Å². The van der Waals surface area contributed by atoms with Crippen LogP contribution in [0.3, 0.4) is 0 Å². The number of pyridine rings is 1. The van der Waals surface area contributed by atoms with Gasteiger partial charge in [0, 0.05) is 30.5 Å². The van der Waals surface area contributed by atoms with E-state index in [9.17, 15) is 0 Å². The van der Waals surface area contributed by atoms with E-state index in [2.05, 4.69) is 51.9 Å². The summed E-state index contributed by atoms with van der Waals surface area (Å²) in [5.41, 5.74) is 2.25. The van der Waals surface area contributed by atoms with Gasteiger partial charge < -0.3 is 9.88 Å². The van der Waals surface area contributed by atoms with Gasteiger partial charge in [0.25, 0.3) is 0 Å². The number of hydrogen-bond donors (Lipinski definition) is 1. The van der Waals surface area contributed by atoms with Gasteiger partial charge in [0.2, 0.25) is 0 Å². The molecule has 1 N–H and O–H groups in total. The molecule has 2 aromatic heterocycles. The Balaban J connectivity index is 2.16. The number of hydrogen-bond acceptors (Lipinski definition) is 3. The Kier molecular flexibility index (Phi) is 3.97. The Bertz CT molecular complexity index is 727. The van der Waals surface area contributed by atoms with Gasteiger partial charge in [0.1, 0.15) is 5.82 Å². The number of rotatable bonds is 5. The predicted molar refractivity (Wildman–Crippen MR) is 85.2 cm³/mol. The van der Waals surface area contributed by atoms with Gasteiger partial charge in [0.05, 0.1) is 11.6 Å². The lowest BCUT2D eigenvalue weighted by atomic mass is 10.0. The first-order valence-corrected chi connectivity index (χ1v) is 7.43. The van der Waals surface area contributed by atoms with E-state index in [1.54, 1.807) is 0 Å². The minimum atomic E-state index is 0.0813. The van der Waals surface area contributed by atoms with Gasteiger partial charge >= 0.3 is 0 Å². The first-order valence-electron chi connectivity index (χ1n) is 7.43. The maximum absolute atomic E-state index is 4.57. The molecule has 0 bridgehead atoms. The molecule has 0 spiro atoms. The number of aryl methyl sites for hydroxylation is 1. The van der Waals surface area contributed by atoms with Gasteiger partial charge in [-0.1, -0.05) is 25.1 Å². The van der Waals surface area contributed by atoms with Crippen molar-refractivity contribution in [2.45, 2.75) is 26.4 Å². The monoisotopic (exact) mass is 280 g/mol. The molecule has 0 radical (unpaired) electrons. The summed E-state index contributed by atoms with van der Waals surface area (Å²) in [7, 11) is 0. The molecule has 3 rings (SSSR count). The van der Waals surface area contributed by atoms with Crippen molar-refractivity contribution in [1.82, 2.24) is 19.9 Å². The Morgan fingerprint density at radius 3 is 2.76 bits per heavy atom. The lowest BCUT2D eigenvalue weighted by Gasteiger charge is -2.20. The van der Waals surface area contributed by atoms with Gasteiger partial charge in [-0.3, -0.25) is 4.98 Å². The van der Waals surface area contributed by atoms with Gasteiger partial charge in [0.15, 0.2) is 0 Å². The highest BCUT2D eigenvalue weighted by Crippen LogP contribution is 2.27. The van der Waals surface area contributed by atoms with Crippen LogP contribution < -0.4 is 5.32 Å². The number of fused-ring (bicyclic) bond motifs is 1. The smallest absolute Gasteiger partial charge is 0.130 e. The molecular formula is C17H20N4. The van der Waals surface area contributed by atoms with Gasteiger partial charge in [-0.25, -0.2) is 4.98 Å². The van der Waals surface area contributed by atoms with Crippen LogP contribution in [0.15, 0.2) is 48.9 Å². The molecule has 108 valence electrons. The van der Waals surface area contributed by atoms with Crippen LogP contribution in [0.25, 0.3) is 10.9 Å². The third-order valence-corrected chi connectivity index (χ3v) is 3.75. The van der Waals surface area contributed by atoms with Crippen molar-refractivity contribution in [1.29, 1.82) is 0 Å². The summed E-state index contributed by atoms with van der Waals surface area (Å²) >= 11 is 0. The molecule has 1 aromatic carbocycles. The second-order valence-corrected chi connectivity index (χ2v) is 4.98. The van der Waals surface area contributed by atoms with Crippen LogP contribution in [0.1, 0.15) is 31.3 Å². The number of imidazole rings is 1. The molecule has 0 fully saturated rings. The molecule has 0 amide bonds. The summed E-state index contributed by atoms with van der Waals surface area (Å²) in [6.07, 6.45) is 5.77. The zero-order chi connectivity index (χ0) is 14.7. The van der Waals surface area contributed by atoms with E-state index < -0.39 is 0 Å². The van der Waals surface area contributed by atoms with Crippen molar-refractivity contribution < 1.29 is 0 Å². The fraction of sp³-hybridized carbons (Fsp3) is 0.294. The fourth-order valence-electron chi connectivity index (χ4n) is 2.76. The fourth-order valence-corrected chi connectivity index (χ4v) is 2.76. The Morgan fingerprint density at radius 1 is 1.10 bits per heavy atom. The van der Waals surface area contributed by atoms with Crippen LogP contribution in [0.4, 0.5) is 0 Å². The molecular weight excluding hydrogens is 260 g/mol. The van der Waals surface area contributed by atoms with Crippen LogP contribution in [-0.4, -0.2) is 21.1 Å². The molecule has 21 heavy (non-hydrogen) atoms. The summed E-state index contributed by atoms with van der Waals surface area (Å²) in [5, 5.41) is 4.73. The number of nitrogens with one attached hydrogen (secondary N) is 1. The standard InChI is InChI=1S/C17H20N4/c1-3-18-16(17-20-11-12-21(17)4-2)14-9-10-19-15-8-6-5-7-13(14)15/h5-12,16,18H,3-4H2,1-2H3. The summed E-state index contributed by atoms with van der Waals surface area (Å²) in [4.78, 5) is 9.02. The third-order valence-electron chi connectivity index (χ3n) is 3.75. The molecule has 0 saturated carbocycles. The topological polar surface area (TPSA) is 42.7 Å². The maximum atomic E-state index is 4.57. The average molecular weight is 280 g/mol. The van der Waals surface area contributed by atoms with Crippen LogP contribution >= 0.6 is 0 Å². The normalized spacial score (nSPS) is 12.7. The lowest BCUT2D eigenvalue weighted by molar-refractivity contribution is 0.561. The maximum Gasteiger partial charge on any atom is 0.130 e. The van der Waals surface area contributed by atoms with E-state index in [-0.39, 0.29) is 6.04 Å². The highest BCUT2D eigenvalue weighted by Gasteiger charge is 2.20. The zero-order valence-corrected chi connectivity index (χ0v) is 12.5. The van der Waals surface area contributed by atoms with Crippen molar-refractivity contribution in [2.75, 3.05) is 6.54 Å². The van der Waals surface area contributed by atoms with E-state index in [1.807, 2.05) is 30.7 Å². The van der Waals surface area contributed by atoms with E-state index >= 15 is 0 Å². The first kappa shape index (κ1) is 13.8. The summed E-state index contributed by atoms with van der Waals surface area (Å²) < 4.78 is 2.18. The highest BCUT2D eigenvalue weighted by molar-refractivity contribution is 5.82. The summed E-state index contributed by atoms with van der Waals surface area (Å²) in [5.74, 6) is 1.05. The number of benzene rings is 1. The number of nitrogens with zero attached hydrogens (tertiary/aromatic N) is 3. The molecule has 0 saturated heterocycles. The Morgan fingerprint density at radius 2 is 1.95 bits per heavy atom. The Labute approximate surface area is 124 Å². The highest BCUT2D eigenvalue weighted by atomic mass is 15.1. The second-order valence-electron chi connectivity index (χ2n) is 4.98. The van der Waals surface area contributed by atoms with Crippen LogP contribution in [-0.2, 0) is 6.54 Å². The molecule has 3 aromatic rings. The van der Waals surface area contributed by atoms with Crippen molar-refractivity contribution in [3.8, 4) is 0 Å². The predicted octanol–water partition coefficient (Wildman–Crippen LogP) is 3.15. The number of aromatic nitrogens is 3. The number of para-hydroxylation sites is 1. The molecule has 4 nitrogen and oxygen atoms in total. The lowest BCUT2D eigenvalue weighted by Crippen LogP contribution is -2.25. The van der Waals surface area contributed by atoms with Crippen molar-refractivity contribution in [2.24, 2.45) is 0 Å². The third kappa shape index (κ3) is 2.54. The molecule has 0 aliphatic heterocycles. The summed E-state index contributed by atoms with van der Waals surface area (Å²) in [6.45, 7) is 6.06. The minimum Gasteiger partial charge on any atom is -0.334 e. The molecule has 0 aliphatic carbocycles. The van der Waals surface area contributed by atoms with Crippen molar-refractivity contribution >= 4 is 10.9 Å². The van der Waals surface area contributed by atoms with Crippen molar-refractivity contribution in [3.05, 3.63) is 60.3 Å². The largest absolute Gasteiger partial charge is 0.334 e. The van der Waals surface area contributed by atoms with Gasteiger partial charge in [-0.2, -0.15) is 0 Å².